The quantitative estimate of drug-likeness (QED) is 0.652. The molecule has 0 radical (unpaired) electrons. The van der Waals surface area contributed by atoms with Gasteiger partial charge in [0.25, 0.3) is 0 Å². The first-order chi connectivity index (χ1) is 14.7. The van der Waals surface area contributed by atoms with E-state index in [1.807, 2.05) is 13.2 Å². The molecule has 5 rings (SSSR count). The summed E-state index contributed by atoms with van der Waals surface area (Å²) >= 11 is 0. The van der Waals surface area contributed by atoms with Crippen LogP contribution < -0.4 is 4.74 Å². The van der Waals surface area contributed by atoms with Gasteiger partial charge in [-0.2, -0.15) is 0 Å². The van der Waals surface area contributed by atoms with Crippen LogP contribution in [0, 0.1) is 28.6 Å². The summed E-state index contributed by atoms with van der Waals surface area (Å²) in [4.78, 5) is 0. The van der Waals surface area contributed by atoms with Crippen molar-refractivity contribution in [2.75, 3.05) is 14.2 Å². The summed E-state index contributed by atoms with van der Waals surface area (Å²) in [6.45, 7) is 8.98. The fourth-order valence-electron chi connectivity index (χ4n) is 9.58. The molecule has 0 saturated heterocycles. The number of ether oxygens (including phenoxy) is 2. The average Bonchev–Trinajstić information content (AvgIpc) is 3.31. The number of aromatic hydroxyl groups is 1. The van der Waals surface area contributed by atoms with Gasteiger partial charge in [-0.15, -0.1) is 0 Å². The maximum absolute atomic E-state index is 11.9. The molecule has 0 spiro atoms. The predicted molar refractivity (Wildman–Crippen MR) is 122 cm³/mol. The van der Waals surface area contributed by atoms with E-state index < -0.39 is 5.60 Å². The van der Waals surface area contributed by atoms with Gasteiger partial charge in [-0.3, -0.25) is 0 Å². The minimum absolute atomic E-state index is 0.0410. The van der Waals surface area contributed by atoms with Crippen LogP contribution in [0.2, 0.25) is 0 Å². The molecule has 2 bridgehead atoms. The highest BCUT2D eigenvalue weighted by Gasteiger charge is 2.89. The fourth-order valence-corrected chi connectivity index (χ4v) is 9.58. The predicted octanol–water partition coefficient (Wildman–Crippen LogP) is 5.22. The van der Waals surface area contributed by atoms with Crippen LogP contribution >= 0.6 is 0 Å². The van der Waals surface area contributed by atoms with Crippen LogP contribution in [0.15, 0.2) is 12.1 Å². The Bertz CT molecular complexity index is 893. The molecule has 1 aromatic carbocycles. The number of hydrogen-bond acceptors (Lipinski definition) is 4. The molecule has 4 aliphatic carbocycles. The highest BCUT2D eigenvalue weighted by molar-refractivity contribution is 5.61. The molecule has 2 N–H and O–H groups in total. The van der Waals surface area contributed by atoms with Crippen LogP contribution in [0.3, 0.4) is 0 Å². The molecule has 1 aromatic rings. The molecule has 0 amide bonds. The van der Waals surface area contributed by atoms with Crippen molar-refractivity contribution in [1.29, 1.82) is 0 Å². The van der Waals surface area contributed by atoms with Gasteiger partial charge in [0, 0.05) is 29.4 Å². The van der Waals surface area contributed by atoms with Crippen LogP contribution in [-0.2, 0) is 16.6 Å². The molecule has 0 aliphatic heterocycles. The summed E-state index contributed by atoms with van der Waals surface area (Å²) in [5.74, 6) is 2.36. The lowest BCUT2D eigenvalue weighted by molar-refractivity contribution is -0.0983. The lowest BCUT2D eigenvalue weighted by Gasteiger charge is -2.62. The Morgan fingerprint density at radius 1 is 1.23 bits per heavy atom. The van der Waals surface area contributed by atoms with E-state index in [2.05, 4.69) is 33.8 Å². The third kappa shape index (κ3) is 2.20. The second-order valence-electron chi connectivity index (χ2n) is 11.3. The first kappa shape index (κ1) is 21.6. The third-order valence-electron chi connectivity index (χ3n) is 10.6. The van der Waals surface area contributed by atoms with Gasteiger partial charge in [-0.25, -0.2) is 0 Å². The van der Waals surface area contributed by atoms with E-state index in [0.29, 0.717) is 23.3 Å². The summed E-state index contributed by atoms with van der Waals surface area (Å²) in [5.41, 5.74) is 1.31. The number of phenolic OH excluding ortho intramolecular Hbond substituents is 1. The molecule has 0 aromatic heterocycles. The van der Waals surface area contributed by atoms with E-state index >= 15 is 0 Å². The number of aliphatic hydroxyl groups is 1. The van der Waals surface area contributed by atoms with Gasteiger partial charge in [0.15, 0.2) is 11.5 Å². The fraction of sp³-hybridized carbons (Fsp3) is 0.778. The summed E-state index contributed by atoms with van der Waals surface area (Å²) in [6, 6.07) is 4.12. The Hall–Kier alpha value is -1.26. The smallest absolute Gasteiger partial charge is 0.161 e. The highest BCUT2D eigenvalue weighted by atomic mass is 16.5. The SMILES string of the molecule is CCC[C@](C)(O)C12C[C@]3(CC)[C@H]4Cc5ccc(OC)c(O)c5[C@@]3(CCC4C)C1[C@@H]2OC. The minimum atomic E-state index is -0.771. The number of methoxy groups -OCH3 is 2. The standard InChI is InChI=1S/C27H40O4/c1-7-12-24(4,29)27-15-25(8-2)18-14-17-9-10-19(30-5)21(28)20(17)26(25,13-11-16(18)3)22(27)23(27)31-6/h9-10,16,18,22-23,28-29H,7-8,11-15H2,1-6H3/t16?,18-,22?,23-,24-,25+,26-,27?/m0/s1. The minimum Gasteiger partial charge on any atom is -0.504 e. The number of benzene rings is 1. The zero-order valence-electron chi connectivity index (χ0n) is 20.1. The van der Waals surface area contributed by atoms with E-state index in [0.717, 1.165) is 44.1 Å². The first-order valence-corrected chi connectivity index (χ1v) is 12.4. The molecule has 3 saturated carbocycles. The monoisotopic (exact) mass is 428 g/mol. The van der Waals surface area contributed by atoms with E-state index in [-0.39, 0.29) is 28.3 Å². The summed E-state index contributed by atoms with van der Waals surface area (Å²) in [5, 5.41) is 23.4. The van der Waals surface area contributed by atoms with E-state index in [9.17, 15) is 10.2 Å². The van der Waals surface area contributed by atoms with Crippen molar-refractivity contribution in [1.82, 2.24) is 0 Å². The van der Waals surface area contributed by atoms with Gasteiger partial charge < -0.3 is 19.7 Å². The van der Waals surface area contributed by atoms with Crippen LogP contribution in [0.5, 0.6) is 11.5 Å². The average molecular weight is 429 g/mol. The molecule has 0 heterocycles. The van der Waals surface area contributed by atoms with Crippen molar-refractivity contribution in [3.63, 3.8) is 0 Å². The normalized spacial score (nSPS) is 44.1. The molecular weight excluding hydrogens is 388 g/mol. The molecule has 3 fully saturated rings. The number of hydrogen-bond donors (Lipinski definition) is 2. The lowest BCUT2D eigenvalue weighted by Crippen LogP contribution is -2.59. The zero-order chi connectivity index (χ0) is 22.4. The van der Waals surface area contributed by atoms with E-state index in [1.165, 1.54) is 12.0 Å². The van der Waals surface area contributed by atoms with Crippen LogP contribution in [-0.4, -0.2) is 36.1 Å². The van der Waals surface area contributed by atoms with Crippen molar-refractivity contribution < 1.29 is 19.7 Å². The van der Waals surface area contributed by atoms with Gasteiger partial charge in [0.2, 0.25) is 0 Å². The van der Waals surface area contributed by atoms with Crippen molar-refractivity contribution in [3.8, 4) is 11.5 Å². The molecule has 4 nitrogen and oxygen atoms in total. The van der Waals surface area contributed by atoms with Gasteiger partial charge in [0.05, 0.1) is 18.8 Å². The molecule has 31 heavy (non-hydrogen) atoms. The van der Waals surface area contributed by atoms with Gasteiger partial charge in [0.1, 0.15) is 0 Å². The van der Waals surface area contributed by atoms with E-state index in [1.54, 1.807) is 7.11 Å². The third-order valence-corrected chi connectivity index (χ3v) is 10.6. The van der Waals surface area contributed by atoms with Gasteiger partial charge in [-0.1, -0.05) is 33.3 Å². The van der Waals surface area contributed by atoms with Crippen LogP contribution in [0.25, 0.3) is 0 Å². The molecule has 8 atom stereocenters. The lowest BCUT2D eigenvalue weighted by atomic mass is 9.41. The largest absolute Gasteiger partial charge is 0.504 e. The Morgan fingerprint density at radius 2 is 1.97 bits per heavy atom. The van der Waals surface area contributed by atoms with Crippen LogP contribution in [0.1, 0.15) is 77.3 Å². The first-order valence-electron chi connectivity index (χ1n) is 12.4. The molecule has 3 unspecified atom stereocenters. The van der Waals surface area contributed by atoms with Gasteiger partial charge >= 0.3 is 0 Å². The van der Waals surface area contributed by atoms with Crippen molar-refractivity contribution >= 4 is 0 Å². The van der Waals surface area contributed by atoms with Crippen molar-refractivity contribution in [2.45, 2.75) is 89.8 Å². The molecular formula is C27H40O4. The number of fused-ring (bicyclic) bond motifs is 2. The number of phenols is 1. The Kier molecular flexibility index (Phi) is 4.62. The second kappa shape index (κ2) is 6.63. The van der Waals surface area contributed by atoms with E-state index in [4.69, 9.17) is 9.47 Å². The molecule has 4 heteroatoms. The molecule has 172 valence electrons. The second-order valence-corrected chi connectivity index (χ2v) is 11.3. The Morgan fingerprint density at radius 3 is 2.58 bits per heavy atom. The summed E-state index contributed by atoms with van der Waals surface area (Å²) in [6.07, 6.45) is 7.10. The maximum atomic E-state index is 11.9. The topological polar surface area (TPSA) is 58.9 Å². The maximum Gasteiger partial charge on any atom is 0.161 e. The van der Waals surface area contributed by atoms with Gasteiger partial charge in [-0.05, 0) is 74.3 Å². The highest BCUT2D eigenvalue weighted by Crippen LogP contribution is 2.87. The summed E-state index contributed by atoms with van der Waals surface area (Å²) in [7, 11) is 3.45. The van der Waals surface area contributed by atoms with Crippen molar-refractivity contribution in [2.24, 2.45) is 28.6 Å². The zero-order valence-corrected chi connectivity index (χ0v) is 20.1. The Labute approximate surface area is 187 Å². The Balaban J connectivity index is 1.81. The van der Waals surface area contributed by atoms with Crippen LogP contribution in [0.4, 0.5) is 0 Å². The number of rotatable bonds is 6. The molecule has 4 aliphatic rings. The summed E-state index contributed by atoms with van der Waals surface area (Å²) < 4.78 is 11.7. The van der Waals surface area contributed by atoms with Crippen molar-refractivity contribution in [3.05, 3.63) is 23.3 Å².